The third-order valence-electron chi connectivity index (χ3n) is 4.14. The Bertz CT molecular complexity index is 934. The normalized spacial score (nSPS) is 11.0. The van der Waals surface area contributed by atoms with Gasteiger partial charge in [-0.2, -0.15) is 0 Å². The standard InChI is InChI=1S/C19H20ClN3O3S/c1-4-23-12(2)9-16(13(23)3)17(24)11-27-19-22-21-18(26-19)10-25-15-7-5-14(20)6-8-15/h5-9H,4,10-11H2,1-3H3. The molecular formula is C19H20ClN3O3S. The third-order valence-corrected chi connectivity index (χ3v) is 5.21. The van der Waals surface area contributed by atoms with Gasteiger partial charge in [-0.05, 0) is 51.1 Å². The first-order valence-electron chi connectivity index (χ1n) is 8.51. The summed E-state index contributed by atoms with van der Waals surface area (Å²) in [5.74, 6) is 1.30. The highest BCUT2D eigenvalue weighted by molar-refractivity contribution is 7.99. The van der Waals surface area contributed by atoms with Crippen LogP contribution in [-0.2, 0) is 13.2 Å². The highest BCUT2D eigenvalue weighted by Gasteiger charge is 2.17. The maximum absolute atomic E-state index is 12.5. The molecule has 0 spiro atoms. The number of halogens is 1. The van der Waals surface area contributed by atoms with Crippen molar-refractivity contribution in [2.45, 2.75) is 39.1 Å². The fourth-order valence-electron chi connectivity index (χ4n) is 2.81. The molecule has 0 aliphatic carbocycles. The van der Waals surface area contributed by atoms with Crippen molar-refractivity contribution in [2.75, 3.05) is 5.75 Å². The minimum atomic E-state index is 0.0463. The Kier molecular flexibility index (Phi) is 6.23. The van der Waals surface area contributed by atoms with E-state index >= 15 is 0 Å². The Morgan fingerprint density at radius 3 is 2.67 bits per heavy atom. The number of Topliss-reactive ketones (excluding diaryl/α,β-unsaturated/α-hetero) is 1. The number of nitrogens with zero attached hydrogens (tertiary/aromatic N) is 3. The van der Waals surface area contributed by atoms with E-state index in [9.17, 15) is 4.79 Å². The summed E-state index contributed by atoms with van der Waals surface area (Å²) >= 11 is 7.06. The van der Waals surface area contributed by atoms with Crippen LogP contribution in [0.4, 0.5) is 0 Å². The van der Waals surface area contributed by atoms with E-state index in [1.807, 2.05) is 19.9 Å². The molecule has 0 N–H and O–H groups in total. The van der Waals surface area contributed by atoms with Crippen LogP contribution < -0.4 is 4.74 Å². The SMILES string of the molecule is CCn1c(C)cc(C(=O)CSc2nnc(COc3ccc(Cl)cc3)o2)c1C. The van der Waals surface area contributed by atoms with Gasteiger partial charge >= 0.3 is 0 Å². The van der Waals surface area contributed by atoms with Crippen molar-refractivity contribution < 1.29 is 13.9 Å². The van der Waals surface area contributed by atoms with Crippen molar-refractivity contribution in [2.24, 2.45) is 0 Å². The quantitative estimate of drug-likeness (QED) is 0.399. The van der Waals surface area contributed by atoms with Crippen LogP contribution in [0.2, 0.25) is 5.02 Å². The van der Waals surface area contributed by atoms with Gasteiger partial charge in [0, 0.05) is 28.5 Å². The van der Waals surface area contributed by atoms with Crippen LogP contribution in [0.25, 0.3) is 0 Å². The van der Waals surface area contributed by atoms with E-state index in [4.69, 9.17) is 20.8 Å². The molecule has 1 aromatic carbocycles. The number of rotatable bonds is 8. The van der Waals surface area contributed by atoms with E-state index in [1.165, 1.54) is 11.8 Å². The Morgan fingerprint density at radius 2 is 2.00 bits per heavy atom. The molecule has 0 radical (unpaired) electrons. The summed E-state index contributed by atoms with van der Waals surface area (Å²) in [4.78, 5) is 12.5. The zero-order valence-electron chi connectivity index (χ0n) is 15.4. The van der Waals surface area contributed by atoms with Gasteiger partial charge in [0.25, 0.3) is 11.1 Å². The van der Waals surface area contributed by atoms with E-state index in [0.717, 1.165) is 23.5 Å². The Labute approximate surface area is 166 Å². The number of hydrogen-bond donors (Lipinski definition) is 0. The summed E-state index contributed by atoms with van der Waals surface area (Å²) < 4.78 is 13.2. The van der Waals surface area contributed by atoms with Crippen molar-refractivity contribution in [3.63, 3.8) is 0 Å². The summed E-state index contributed by atoms with van der Waals surface area (Å²) in [5, 5.41) is 8.89. The first-order chi connectivity index (χ1) is 13.0. The number of thioether (sulfide) groups is 1. The van der Waals surface area contributed by atoms with Crippen molar-refractivity contribution in [1.29, 1.82) is 0 Å². The van der Waals surface area contributed by atoms with E-state index in [1.54, 1.807) is 24.3 Å². The van der Waals surface area contributed by atoms with Gasteiger partial charge in [-0.3, -0.25) is 4.79 Å². The summed E-state index contributed by atoms with van der Waals surface area (Å²) in [6.45, 7) is 7.04. The second-order valence-electron chi connectivity index (χ2n) is 5.95. The van der Waals surface area contributed by atoms with Crippen molar-refractivity contribution in [3.8, 4) is 5.75 Å². The van der Waals surface area contributed by atoms with Gasteiger partial charge in [-0.15, -0.1) is 10.2 Å². The topological polar surface area (TPSA) is 70.2 Å². The van der Waals surface area contributed by atoms with E-state index in [0.29, 0.717) is 21.9 Å². The molecule has 0 fully saturated rings. The van der Waals surface area contributed by atoms with Gasteiger partial charge < -0.3 is 13.7 Å². The molecule has 27 heavy (non-hydrogen) atoms. The van der Waals surface area contributed by atoms with Gasteiger partial charge in [0.2, 0.25) is 0 Å². The zero-order valence-corrected chi connectivity index (χ0v) is 16.9. The molecule has 0 saturated carbocycles. The number of aryl methyl sites for hydroxylation is 1. The van der Waals surface area contributed by atoms with Crippen LogP contribution in [0.1, 0.15) is 34.6 Å². The Morgan fingerprint density at radius 1 is 1.26 bits per heavy atom. The minimum Gasteiger partial charge on any atom is -0.484 e. The predicted molar refractivity (Wildman–Crippen MR) is 105 cm³/mol. The molecule has 2 heterocycles. The molecule has 0 aliphatic heterocycles. The highest BCUT2D eigenvalue weighted by Crippen LogP contribution is 2.22. The van der Waals surface area contributed by atoms with Crippen LogP contribution in [0.15, 0.2) is 40.0 Å². The smallest absolute Gasteiger partial charge is 0.277 e. The number of ether oxygens (including phenoxy) is 1. The van der Waals surface area contributed by atoms with Crippen LogP contribution >= 0.6 is 23.4 Å². The van der Waals surface area contributed by atoms with Crippen molar-refractivity contribution in [3.05, 3.63) is 58.2 Å². The highest BCUT2D eigenvalue weighted by atomic mass is 35.5. The van der Waals surface area contributed by atoms with E-state index in [2.05, 4.69) is 21.7 Å². The maximum Gasteiger partial charge on any atom is 0.277 e. The zero-order chi connectivity index (χ0) is 19.4. The van der Waals surface area contributed by atoms with Crippen LogP contribution in [0, 0.1) is 13.8 Å². The van der Waals surface area contributed by atoms with Gasteiger partial charge in [0.1, 0.15) is 5.75 Å². The lowest BCUT2D eigenvalue weighted by Gasteiger charge is -2.05. The number of hydrogen-bond acceptors (Lipinski definition) is 6. The minimum absolute atomic E-state index is 0.0463. The fourth-order valence-corrected chi connectivity index (χ4v) is 3.60. The molecule has 142 valence electrons. The summed E-state index contributed by atoms with van der Waals surface area (Å²) in [6.07, 6.45) is 0. The second kappa shape index (κ2) is 8.63. The molecule has 0 aliphatic rings. The molecule has 0 saturated heterocycles. The Balaban J connectivity index is 1.55. The number of ketones is 1. The van der Waals surface area contributed by atoms with Crippen molar-refractivity contribution >= 4 is 29.1 Å². The number of benzene rings is 1. The summed E-state index contributed by atoms with van der Waals surface area (Å²) in [5.41, 5.74) is 2.82. The van der Waals surface area contributed by atoms with Crippen molar-refractivity contribution in [1.82, 2.24) is 14.8 Å². The van der Waals surface area contributed by atoms with Crippen LogP contribution in [0.3, 0.4) is 0 Å². The van der Waals surface area contributed by atoms with E-state index in [-0.39, 0.29) is 18.1 Å². The lowest BCUT2D eigenvalue weighted by molar-refractivity contribution is 0.102. The largest absolute Gasteiger partial charge is 0.484 e. The first kappa shape index (κ1) is 19.5. The molecule has 0 unspecified atom stereocenters. The summed E-state index contributed by atoms with van der Waals surface area (Å²) in [7, 11) is 0. The predicted octanol–water partition coefficient (Wildman–Crippen LogP) is 4.72. The fraction of sp³-hybridized carbons (Fsp3) is 0.316. The molecule has 6 nitrogen and oxygen atoms in total. The van der Waals surface area contributed by atoms with E-state index < -0.39 is 0 Å². The number of carbonyl (C=O) groups is 1. The molecule has 0 atom stereocenters. The Hall–Kier alpha value is -2.25. The molecule has 8 heteroatoms. The molecule has 3 aromatic rings. The molecular weight excluding hydrogens is 386 g/mol. The van der Waals surface area contributed by atoms with Gasteiger partial charge in [-0.1, -0.05) is 23.4 Å². The van der Waals surface area contributed by atoms with Crippen LogP contribution in [-0.4, -0.2) is 26.3 Å². The first-order valence-corrected chi connectivity index (χ1v) is 9.87. The molecule has 0 amide bonds. The lowest BCUT2D eigenvalue weighted by Crippen LogP contribution is -2.05. The lowest BCUT2D eigenvalue weighted by atomic mass is 10.2. The molecule has 0 bridgehead atoms. The molecule has 2 aromatic heterocycles. The monoisotopic (exact) mass is 405 g/mol. The van der Waals surface area contributed by atoms with Gasteiger partial charge in [0.15, 0.2) is 12.4 Å². The second-order valence-corrected chi connectivity index (χ2v) is 7.31. The summed E-state index contributed by atoms with van der Waals surface area (Å²) in [6, 6.07) is 8.95. The third kappa shape index (κ3) is 4.73. The van der Waals surface area contributed by atoms with Gasteiger partial charge in [-0.25, -0.2) is 0 Å². The maximum atomic E-state index is 12.5. The number of carbonyl (C=O) groups excluding carboxylic acids is 1. The number of aromatic nitrogens is 3. The van der Waals surface area contributed by atoms with Gasteiger partial charge in [0.05, 0.1) is 5.75 Å². The average molecular weight is 406 g/mol. The van der Waals surface area contributed by atoms with Crippen LogP contribution in [0.5, 0.6) is 5.75 Å². The average Bonchev–Trinajstić information content (AvgIpc) is 3.23. The molecule has 3 rings (SSSR count).